The summed E-state index contributed by atoms with van der Waals surface area (Å²) in [6.45, 7) is 13.5. The molecule has 1 heterocycles. The Hall–Kier alpha value is -2.10. The molecule has 0 saturated heterocycles. The van der Waals surface area contributed by atoms with Crippen molar-refractivity contribution >= 4 is 5.97 Å². The van der Waals surface area contributed by atoms with E-state index in [-0.39, 0.29) is 0 Å². The molecule has 0 spiro atoms. The Bertz CT molecular complexity index is 459. The van der Waals surface area contributed by atoms with Crippen LogP contribution in [0.1, 0.15) is 43.4 Å². The minimum absolute atomic E-state index is 0.319. The van der Waals surface area contributed by atoms with E-state index in [4.69, 9.17) is 4.74 Å². The van der Waals surface area contributed by atoms with Crippen molar-refractivity contribution < 1.29 is 9.53 Å². The van der Waals surface area contributed by atoms with Crippen molar-refractivity contribution in [2.75, 3.05) is 6.61 Å². The van der Waals surface area contributed by atoms with Crippen molar-refractivity contribution in [1.29, 1.82) is 0 Å². The highest BCUT2D eigenvalue weighted by molar-refractivity contribution is 5.87. The minimum Gasteiger partial charge on any atom is -0.461 e. The van der Waals surface area contributed by atoms with Crippen LogP contribution in [0.4, 0.5) is 0 Å². The van der Waals surface area contributed by atoms with Crippen molar-refractivity contribution in [2.24, 2.45) is 0 Å². The summed E-state index contributed by atoms with van der Waals surface area (Å²) >= 11 is 0. The summed E-state index contributed by atoms with van der Waals surface area (Å²) in [4.78, 5) is 11.4. The molecule has 4 nitrogen and oxygen atoms in total. The Labute approximate surface area is 121 Å². The van der Waals surface area contributed by atoms with Gasteiger partial charge in [-0.15, -0.1) is 0 Å². The second-order valence-corrected chi connectivity index (χ2v) is 3.68. The smallest absolute Gasteiger partial charge is 0.358 e. The molecule has 0 saturated carbocycles. The van der Waals surface area contributed by atoms with Gasteiger partial charge in [-0.1, -0.05) is 45.2 Å². The number of nitrogens with zero attached hydrogens (tertiary/aromatic N) is 1. The first-order valence-electron chi connectivity index (χ1n) is 6.86. The number of rotatable bonds is 7. The Balaban J connectivity index is 0.00000172. The van der Waals surface area contributed by atoms with Crippen molar-refractivity contribution in [3.63, 3.8) is 0 Å². The zero-order chi connectivity index (χ0) is 15.4. The molecule has 0 radical (unpaired) electrons. The summed E-state index contributed by atoms with van der Waals surface area (Å²) in [5.41, 5.74) is 2.31. The van der Waals surface area contributed by atoms with Gasteiger partial charge in [0.2, 0.25) is 0 Å². The number of hydrogen-bond acceptors (Lipinski definition) is 3. The predicted octanol–water partition coefficient (Wildman–Crippen LogP) is 3.84. The monoisotopic (exact) mass is 276 g/mol. The fourth-order valence-electron chi connectivity index (χ4n) is 1.48. The van der Waals surface area contributed by atoms with Crippen LogP contribution in [-0.4, -0.2) is 22.8 Å². The Kier molecular flexibility index (Phi) is 9.66. The van der Waals surface area contributed by atoms with Gasteiger partial charge >= 0.3 is 5.97 Å². The van der Waals surface area contributed by atoms with Crippen molar-refractivity contribution in [3.8, 4) is 0 Å². The first-order chi connectivity index (χ1) is 9.71. The molecule has 0 bridgehead atoms. The van der Waals surface area contributed by atoms with Crippen molar-refractivity contribution in [3.05, 3.63) is 54.4 Å². The maximum absolute atomic E-state index is 11.4. The lowest BCUT2D eigenvalue weighted by atomic mass is 10.1. The number of ether oxygens (including phenoxy) is 1. The topological polar surface area (TPSA) is 55.0 Å². The molecule has 0 amide bonds. The molecule has 1 aromatic heterocycles. The van der Waals surface area contributed by atoms with Crippen LogP contribution in [0.2, 0.25) is 0 Å². The van der Waals surface area contributed by atoms with Crippen LogP contribution in [0.15, 0.2) is 43.0 Å². The van der Waals surface area contributed by atoms with Crippen LogP contribution in [-0.2, 0) is 11.2 Å². The Morgan fingerprint density at radius 1 is 1.45 bits per heavy atom. The van der Waals surface area contributed by atoms with Crippen LogP contribution in [0.25, 0.3) is 0 Å². The average molecular weight is 276 g/mol. The summed E-state index contributed by atoms with van der Waals surface area (Å²) in [6.07, 6.45) is 7.02. The van der Waals surface area contributed by atoms with E-state index < -0.39 is 5.97 Å². The zero-order valence-corrected chi connectivity index (χ0v) is 12.6. The van der Waals surface area contributed by atoms with Gasteiger partial charge < -0.3 is 4.74 Å². The minimum atomic E-state index is -0.398. The molecule has 0 aromatic carbocycles. The summed E-state index contributed by atoms with van der Waals surface area (Å²) in [6, 6.07) is 1.71. The number of hydrogen-bond donors (Lipinski definition) is 1. The van der Waals surface area contributed by atoms with Gasteiger partial charge in [-0.3, -0.25) is 5.10 Å². The summed E-state index contributed by atoms with van der Waals surface area (Å²) < 4.78 is 4.86. The first kappa shape index (κ1) is 17.9. The molecule has 1 aromatic rings. The molecule has 20 heavy (non-hydrogen) atoms. The van der Waals surface area contributed by atoms with Crippen LogP contribution in [0.3, 0.4) is 0 Å². The molecule has 1 N–H and O–H groups in total. The Morgan fingerprint density at radius 3 is 2.70 bits per heavy atom. The lowest BCUT2D eigenvalue weighted by Gasteiger charge is -1.98. The molecule has 0 aliphatic heterocycles. The van der Waals surface area contributed by atoms with E-state index in [1.54, 1.807) is 25.1 Å². The average Bonchev–Trinajstić information content (AvgIpc) is 2.95. The van der Waals surface area contributed by atoms with Crippen LogP contribution < -0.4 is 0 Å². The third kappa shape index (κ3) is 6.18. The van der Waals surface area contributed by atoms with E-state index in [9.17, 15) is 4.79 Å². The maximum Gasteiger partial charge on any atom is 0.358 e. The largest absolute Gasteiger partial charge is 0.461 e. The zero-order valence-electron chi connectivity index (χ0n) is 12.6. The molecule has 0 unspecified atom stereocenters. The van der Waals surface area contributed by atoms with E-state index in [1.165, 1.54) is 0 Å². The van der Waals surface area contributed by atoms with Gasteiger partial charge in [-0.05, 0) is 31.4 Å². The van der Waals surface area contributed by atoms with E-state index in [0.29, 0.717) is 12.3 Å². The van der Waals surface area contributed by atoms with Crippen LogP contribution >= 0.6 is 0 Å². The number of aryl methyl sites for hydroxylation is 1. The standard InChI is InChI=1S/C14H18N2O2.C2H6/c1-4-7-11(5-2)8-9-12-10-13(16-15-12)14(17)18-6-3;1-2/h4-5,7,10H,1-2,6,8-9H2,3H3,(H,15,16);1-2H3/b11-7+;. The first-order valence-corrected chi connectivity index (χ1v) is 6.86. The van der Waals surface area contributed by atoms with E-state index in [0.717, 1.165) is 24.1 Å². The Morgan fingerprint density at radius 2 is 2.15 bits per heavy atom. The molecule has 0 atom stereocenters. The van der Waals surface area contributed by atoms with Gasteiger partial charge in [0, 0.05) is 5.69 Å². The highest BCUT2D eigenvalue weighted by Gasteiger charge is 2.10. The highest BCUT2D eigenvalue weighted by atomic mass is 16.5. The molecule has 0 fully saturated rings. The van der Waals surface area contributed by atoms with Gasteiger partial charge in [0.15, 0.2) is 5.69 Å². The lowest BCUT2D eigenvalue weighted by Crippen LogP contribution is -2.04. The molecule has 0 aliphatic carbocycles. The van der Waals surface area contributed by atoms with Crippen LogP contribution in [0.5, 0.6) is 0 Å². The van der Waals surface area contributed by atoms with Crippen molar-refractivity contribution in [1.82, 2.24) is 10.2 Å². The molecular formula is C16H24N2O2. The fraction of sp³-hybridized carbons (Fsp3) is 0.375. The molecular weight excluding hydrogens is 252 g/mol. The third-order valence-corrected chi connectivity index (χ3v) is 2.39. The molecule has 1 rings (SSSR count). The normalized spacial score (nSPS) is 10.2. The number of aromatic amines is 1. The van der Waals surface area contributed by atoms with E-state index >= 15 is 0 Å². The lowest BCUT2D eigenvalue weighted by molar-refractivity contribution is 0.0519. The van der Waals surface area contributed by atoms with E-state index in [2.05, 4.69) is 23.4 Å². The second kappa shape index (κ2) is 10.8. The SMILES string of the molecule is C=C/C=C(\C=C)CCc1cc(C(=O)OCC)n[nH]1.CC. The summed E-state index contributed by atoms with van der Waals surface area (Å²) in [5.74, 6) is -0.398. The summed E-state index contributed by atoms with van der Waals surface area (Å²) in [5, 5.41) is 6.75. The maximum atomic E-state index is 11.4. The van der Waals surface area contributed by atoms with Gasteiger partial charge in [0.1, 0.15) is 0 Å². The number of nitrogens with one attached hydrogen (secondary N) is 1. The molecule has 0 aliphatic rings. The molecule has 4 heteroatoms. The number of esters is 1. The second-order valence-electron chi connectivity index (χ2n) is 3.68. The predicted molar refractivity (Wildman–Crippen MR) is 82.7 cm³/mol. The number of aromatic nitrogens is 2. The van der Waals surface area contributed by atoms with Crippen molar-refractivity contribution in [2.45, 2.75) is 33.6 Å². The van der Waals surface area contributed by atoms with Gasteiger partial charge in [0.05, 0.1) is 6.61 Å². The fourth-order valence-corrected chi connectivity index (χ4v) is 1.48. The quantitative estimate of drug-likeness (QED) is 0.608. The number of carbonyl (C=O) groups excluding carboxylic acids is 1. The third-order valence-electron chi connectivity index (χ3n) is 2.39. The van der Waals surface area contributed by atoms with Crippen LogP contribution in [0, 0.1) is 0 Å². The number of H-pyrrole nitrogens is 1. The van der Waals surface area contributed by atoms with Gasteiger partial charge in [0.25, 0.3) is 0 Å². The van der Waals surface area contributed by atoms with Gasteiger partial charge in [-0.2, -0.15) is 5.10 Å². The number of allylic oxidation sites excluding steroid dienone is 4. The summed E-state index contributed by atoms with van der Waals surface area (Å²) in [7, 11) is 0. The number of carbonyl (C=O) groups is 1. The van der Waals surface area contributed by atoms with Gasteiger partial charge in [-0.25, -0.2) is 4.79 Å². The highest BCUT2D eigenvalue weighted by Crippen LogP contribution is 2.10. The molecule has 110 valence electrons. The van der Waals surface area contributed by atoms with E-state index in [1.807, 2.05) is 19.9 Å².